The molecule has 0 aliphatic rings. The van der Waals surface area contributed by atoms with E-state index in [1.165, 1.54) is 12.3 Å². The van der Waals surface area contributed by atoms with Crippen LogP contribution in [0.15, 0.2) is 53.7 Å². The van der Waals surface area contributed by atoms with Crippen LogP contribution in [0.2, 0.25) is 0 Å². The molecule has 1 aromatic heterocycles. The second-order valence-electron chi connectivity index (χ2n) is 4.00. The summed E-state index contributed by atoms with van der Waals surface area (Å²) < 4.78 is 24.8. The Morgan fingerprint density at radius 1 is 1.11 bits per heavy atom. The van der Waals surface area contributed by atoms with Gasteiger partial charge in [-0.15, -0.1) is 0 Å². The second-order valence-corrected chi connectivity index (χ2v) is 6.18. The van der Waals surface area contributed by atoms with E-state index in [1.807, 2.05) is 18.2 Å². The lowest BCUT2D eigenvalue weighted by Crippen LogP contribution is -2.14. The van der Waals surface area contributed by atoms with Crippen LogP contribution in [0.3, 0.4) is 0 Å². The summed E-state index contributed by atoms with van der Waals surface area (Å²) in [7, 11) is -3.56. The van der Waals surface area contributed by atoms with E-state index >= 15 is 0 Å². The van der Waals surface area contributed by atoms with Crippen molar-refractivity contribution in [1.29, 1.82) is 0 Å². The molecular formula is C13H14N2O2S. The van der Waals surface area contributed by atoms with E-state index in [4.69, 9.17) is 5.73 Å². The van der Waals surface area contributed by atoms with Gasteiger partial charge in [0.25, 0.3) is 0 Å². The summed E-state index contributed by atoms with van der Waals surface area (Å²) in [6, 6.07) is 12.2. The van der Waals surface area contributed by atoms with E-state index in [-0.39, 0.29) is 10.7 Å². The minimum Gasteiger partial charge on any atom is -0.396 e. The summed E-state index contributed by atoms with van der Waals surface area (Å²) in [5, 5.41) is -0.725. The third-order valence-electron chi connectivity index (χ3n) is 2.80. The Morgan fingerprint density at radius 2 is 1.78 bits per heavy atom. The molecule has 2 N–H and O–H groups in total. The highest BCUT2D eigenvalue weighted by Crippen LogP contribution is 2.29. The van der Waals surface area contributed by atoms with Crippen LogP contribution in [0, 0.1) is 0 Å². The maximum absolute atomic E-state index is 12.4. The average molecular weight is 262 g/mol. The molecule has 0 spiro atoms. The average Bonchev–Trinajstić information content (AvgIpc) is 2.39. The predicted octanol–water partition coefficient (Wildman–Crippen LogP) is 2.20. The molecule has 1 heterocycles. The Balaban J connectivity index is 2.48. The van der Waals surface area contributed by atoms with E-state index in [0.29, 0.717) is 0 Å². The standard InChI is InChI=1S/C13H14N2O2S/c1-10(11-6-3-2-4-7-11)18(16,17)13-12(14)8-5-9-15-13/h2-10H,14H2,1H3. The van der Waals surface area contributed by atoms with Gasteiger partial charge < -0.3 is 5.73 Å². The van der Waals surface area contributed by atoms with Crippen LogP contribution in [0.4, 0.5) is 5.69 Å². The van der Waals surface area contributed by atoms with Crippen LogP contribution in [-0.2, 0) is 9.84 Å². The number of anilines is 1. The molecular weight excluding hydrogens is 248 g/mol. The molecule has 0 amide bonds. The molecule has 5 heteroatoms. The van der Waals surface area contributed by atoms with Crippen molar-refractivity contribution in [3.8, 4) is 0 Å². The molecule has 18 heavy (non-hydrogen) atoms. The Kier molecular flexibility index (Phi) is 3.34. The minimum absolute atomic E-state index is 0.0543. The first kappa shape index (κ1) is 12.6. The Morgan fingerprint density at radius 3 is 2.39 bits per heavy atom. The number of aromatic nitrogens is 1. The first-order chi connectivity index (χ1) is 8.53. The molecule has 0 saturated heterocycles. The second kappa shape index (κ2) is 4.78. The molecule has 4 nitrogen and oxygen atoms in total. The summed E-state index contributed by atoms with van der Waals surface area (Å²) in [5.41, 5.74) is 6.59. The summed E-state index contributed by atoms with van der Waals surface area (Å²) in [5.74, 6) is 0. The zero-order valence-electron chi connectivity index (χ0n) is 9.95. The van der Waals surface area contributed by atoms with Gasteiger partial charge >= 0.3 is 0 Å². The van der Waals surface area contributed by atoms with Gasteiger partial charge in [-0.2, -0.15) is 0 Å². The van der Waals surface area contributed by atoms with Crippen molar-refractivity contribution < 1.29 is 8.42 Å². The molecule has 94 valence electrons. The van der Waals surface area contributed by atoms with Crippen LogP contribution < -0.4 is 5.73 Å². The molecule has 0 aliphatic carbocycles. The first-order valence-corrected chi connectivity index (χ1v) is 7.07. The van der Waals surface area contributed by atoms with Gasteiger partial charge in [0.1, 0.15) is 0 Å². The molecule has 1 unspecified atom stereocenters. The van der Waals surface area contributed by atoms with Gasteiger partial charge in [0.15, 0.2) is 5.03 Å². The van der Waals surface area contributed by atoms with Gasteiger partial charge in [-0.1, -0.05) is 30.3 Å². The summed E-state index contributed by atoms with van der Waals surface area (Å²) in [6.45, 7) is 1.64. The fraction of sp³-hybridized carbons (Fsp3) is 0.154. The van der Waals surface area contributed by atoms with Gasteiger partial charge in [0, 0.05) is 6.20 Å². The van der Waals surface area contributed by atoms with Crippen molar-refractivity contribution in [2.24, 2.45) is 0 Å². The van der Waals surface area contributed by atoms with Crippen molar-refractivity contribution in [2.75, 3.05) is 5.73 Å². The van der Waals surface area contributed by atoms with Crippen LogP contribution in [0.5, 0.6) is 0 Å². The maximum Gasteiger partial charge on any atom is 0.204 e. The largest absolute Gasteiger partial charge is 0.396 e. The number of hydrogen-bond acceptors (Lipinski definition) is 4. The normalized spacial score (nSPS) is 13.2. The van der Waals surface area contributed by atoms with Crippen molar-refractivity contribution >= 4 is 15.5 Å². The van der Waals surface area contributed by atoms with Crippen LogP contribution in [0.1, 0.15) is 17.7 Å². The van der Waals surface area contributed by atoms with E-state index in [2.05, 4.69) is 4.98 Å². The van der Waals surface area contributed by atoms with Gasteiger partial charge in [-0.3, -0.25) is 0 Å². The lowest BCUT2D eigenvalue weighted by atomic mass is 10.2. The highest BCUT2D eigenvalue weighted by atomic mass is 32.2. The third kappa shape index (κ3) is 2.22. The molecule has 2 rings (SSSR count). The van der Waals surface area contributed by atoms with Gasteiger partial charge in [0.05, 0.1) is 10.9 Å². The number of nitrogens with zero attached hydrogens (tertiary/aromatic N) is 1. The predicted molar refractivity (Wildman–Crippen MR) is 70.7 cm³/mol. The number of hydrogen-bond donors (Lipinski definition) is 1. The Labute approximate surface area is 106 Å². The van der Waals surface area contributed by atoms with Crippen molar-refractivity contribution in [3.63, 3.8) is 0 Å². The zero-order chi connectivity index (χ0) is 13.2. The summed E-state index contributed by atoms with van der Waals surface area (Å²) in [4.78, 5) is 3.88. The molecule has 0 aliphatic heterocycles. The number of nitrogen functional groups attached to an aromatic ring is 1. The molecule has 0 radical (unpaired) electrons. The zero-order valence-corrected chi connectivity index (χ0v) is 10.8. The van der Waals surface area contributed by atoms with Gasteiger partial charge in [-0.05, 0) is 24.6 Å². The van der Waals surface area contributed by atoms with Crippen molar-refractivity contribution in [1.82, 2.24) is 4.98 Å². The van der Waals surface area contributed by atoms with E-state index in [0.717, 1.165) is 5.56 Å². The van der Waals surface area contributed by atoms with Crippen LogP contribution in [-0.4, -0.2) is 13.4 Å². The molecule has 0 bridgehead atoms. The smallest absolute Gasteiger partial charge is 0.204 e. The Bertz CT molecular complexity index is 639. The van der Waals surface area contributed by atoms with Crippen LogP contribution >= 0.6 is 0 Å². The number of sulfone groups is 1. The van der Waals surface area contributed by atoms with Crippen LogP contribution in [0.25, 0.3) is 0 Å². The van der Waals surface area contributed by atoms with Crippen molar-refractivity contribution in [2.45, 2.75) is 17.2 Å². The minimum atomic E-state index is -3.56. The topological polar surface area (TPSA) is 73.0 Å². The van der Waals surface area contributed by atoms with E-state index in [9.17, 15) is 8.42 Å². The highest BCUT2D eigenvalue weighted by Gasteiger charge is 2.27. The molecule has 0 saturated carbocycles. The lowest BCUT2D eigenvalue weighted by Gasteiger charge is -2.13. The monoisotopic (exact) mass is 262 g/mol. The fourth-order valence-corrected chi connectivity index (χ4v) is 3.17. The number of pyridine rings is 1. The molecule has 1 atom stereocenters. The molecule has 2 aromatic rings. The highest BCUT2D eigenvalue weighted by molar-refractivity contribution is 7.91. The van der Waals surface area contributed by atoms with E-state index < -0.39 is 15.1 Å². The lowest BCUT2D eigenvalue weighted by molar-refractivity contribution is 0.583. The Hall–Kier alpha value is -1.88. The number of rotatable bonds is 3. The maximum atomic E-state index is 12.4. The quantitative estimate of drug-likeness (QED) is 0.920. The van der Waals surface area contributed by atoms with Crippen molar-refractivity contribution in [3.05, 3.63) is 54.2 Å². The summed E-state index contributed by atoms with van der Waals surface area (Å²) in [6.07, 6.45) is 1.43. The van der Waals surface area contributed by atoms with E-state index in [1.54, 1.807) is 25.1 Å². The number of benzene rings is 1. The SMILES string of the molecule is CC(c1ccccc1)S(=O)(=O)c1ncccc1N. The van der Waals surface area contributed by atoms with Gasteiger partial charge in [-0.25, -0.2) is 13.4 Å². The fourth-order valence-electron chi connectivity index (χ4n) is 1.71. The first-order valence-electron chi connectivity index (χ1n) is 5.53. The summed E-state index contributed by atoms with van der Waals surface area (Å²) >= 11 is 0. The number of nitrogens with two attached hydrogens (primary N) is 1. The third-order valence-corrected chi connectivity index (χ3v) is 4.89. The molecule has 0 fully saturated rings. The van der Waals surface area contributed by atoms with Gasteiger partial charge in [0.2, 0.25) is 9.84 Å². The molecule has 1 aromatic carbocycles.